The van der Waals surface area contributed by atoms with Gasteiger partial charge in [-0.15, -0.1) is 0 Å². The molecule has 0 saturated heterocycles. The van der Waals surface area contributed by atoms with Crippen LogP contribution in [0, 0.1) is 11.8 Å². The quantitative estimate of drug-likeness (QED) is 0.327. The van der Waals surface area contributed by atoms with Crippen LogP contribution >= 0.6 is 0 Å². The van der Waals surface area contributed by atoms with Crippen LogP contribution in [-0.4, -0.2) is 24.0 Å². The smallest absolute Gasteiger partial charge is 0.194 e. The molecule has 3 nitrogen and oxygen atoms in total. The van der Waals surface area contributed by atoms with E-state index in [-0.39, 0.29) is 10.3 Å². The van der Waals surface area contributed by atoms with Gasteiger partial charge in [0, 0.05) is 24.1 Å². The van der Waals surface area contributed by atoms with Crippen molar-refractivity contribution in [1.29, 1.82) is 0 Å². The first kappa shape index (κ1) is 22.4. The zero-order valence-corrected chi connectivity index (χ0v) is 18.5. The molecule has 0 fully saturated rings. The molecule has 28 heavy (non-hydrogen) atoms. The van der Waals surface area contributed by atoms with E-state index in [0.717, 1.165) is 25.0 Å². The summed E-state index contributed by atoms with van der Waals surface area (Å²) in [5.41, 5.74) is 1.12. The Bertz CT molecular complexity index is 674. The Morgan fingerprint density at radius 1 is 0.821 bits per heavy atom. The zero-order chi connectivity index (χ0) is 20.6. The number of hydrogen-bond donors (Lipinski definition) is 0. The maximum Gasteiger partial charge on any atom is 0.194 e. The van der Waals surface area contributed by atoms with Crippen LogP contribution in [0.4, 0.5) is 0 Å². The van der Waals surface area contributed by atoms with Gasteiger partial charge in [-0.25, -0.2) is 0 Å². The molecule has 0 aromatic heterocycles. The predicted octanol–water partition coefficient (Wildman–Crippen LogP) is 6.45. The minimum absolute atomic E-state index is 0.124. The number of hydrogen-bond acceptors (Lipinski definition) is 2. The summed E-state index contributed by atoms with van der Waals surface area (Å²) in [6.07, 6.45) is 2.94. The van der Waals surface area contributed by atoms with Gasteiger partial charge >= 0.3 is 0 Å². The van der Waals surface area contributed by atoms with Gasteiger partial charge in [0.1, 0.15) is 13.7 Å². The average Bonchev–Trinajstić information content (AvgIpc) is 2.62. The average molecular weight is 385 g/mol. The van der Waals surface area contributed by atoms with Crippen molar-refractivity contribution in [3.05, 3.63) is 66.2 Å². The van der Waals surface area contributed by atoms with Gasteiger partial charge in [0.25, 0.3) is 0 Å². The highest BCUT2D eigenvalue weighted by molar-refractivity contribution is 5.20. The molecule has 0 amide bonds. The number of rotatable bonds is 11. The molecule has 0 spiro atoms. The monoisotopic (exact) mass is 384 g/mol. The van der Waals surface area contributed by atoms with Gasteiger partial charge in [0.15, 0.2) is 11.3 Å². The van der Waals surface area contributed by atoms with Crippen molar-refractivity contribution >= 4 is 0 Å². The Hall–Kier alpha value is -1.84. The third-order valence-electron chi connectivity index (χ3n) is 5.21. The fourth-order valence-corrected chi connectivity index (χ4v) is 4.39. The summed E-state index contributed by atoms with van der Waals surface area (Å²) in [4.78, 5) is 13.1. The van der Waals surface area contributed by atoms with E-state index in [1.54, 1.807) is 0 Å². The third kappa shape index (κ3) is 5.83. The van der Waals surface area contributed by atoms with Crippen LogP contribution < -0.4 is 4.84 Å². The molecular weight excluding hydrogens is 346 g/mol. The molecule has 0 saturated carbocycles. The summed E-state index contributed by atoms with van der Waals surface area (Å²) < 4.78 is 0. The summed E-state index contributed by atoms with van der Waals surface area (Å²) in [5, 5.41) is 0. The number of nitrogens with zero attached hydrogens (tertiary/aromatic N) is 1. The second kappa shape index (κ2) is 10.1. The van der Waals surface area contributed by atoms with Gasteiger partial charge in [-0.05, 0) is 36.5 Å². The summed E-state index contributed by atoms with van der Waals surface area (Å²) in [7, 11) is 2.09. The molecule has 0 heterocycles. The highest BCUT2D eigenvalue weighted by atomic mass is 17.0. The molecule has 2 aromatic carbocycles. The van der Waals surface area contributed by atoms with Gasteiger partial charge in [-0.2, -0.15) is 4.84 Å². The summed E-state index contributed by atoms with van der Waals surface area (Å²) >= 11 is 0. The molecule has 2 aromatic rings. The van der Waals surface area contributed by atoms with Crippen molar-refractivity contribution in [2.24, 2.45) is 11.8 Å². The van der Waals surface area contributed by atoms with Crippen LogP contribution in [0.15, 0.2) is 60.7 Å². The van der Waals surface area contributed by atoms with Crippen LogP contribution in [0.1, 0.15) is 53.0 Å². The lowest BCUT2D eigenvalue weighted by Gasteiger charge is -2.47. The SMILES string of the molecule is CCO[N+](C)(Oc1ccccc1)C(Cc1ccccc1)(CC(C)C)CC(C)C. The predicted molar refractivity (Wildman–Crippen MR) is 117 cm³/mol. The van der Waals surface area contributed by atoms with E-state index in [2.05, 4.69) is 65.1 Å². The van der Waals surface area contributed by atoms with Crippen LogP contribution in [0.25, 0.3) is 0 Å². The number of quaternary nitrogens is 1. The summed E-state index contributed by atoms with van der Waals surface area (Å²) in [6.45, 7) is 11.8. The van der Waals surface area contributed by atoms with E-state index in [1.807, 2.05) is 37.3 Å². The second-order valence-electron chi connectivity index (χ2n) is 8.75. The Kier molecular flexibility index (Phi) is 8.09. The van der Waals surface area contributed by atoms with E-state index in [9.17, 15) is 0 Å². The molecule has 0 aliphatic carbocycles. The normalized spacial score (nSPS) is 14.3. The highest BCUT2D eigenvalue weighted by Gasteiger charge is 2.54. The van der Waals surface area contributed by atoms with E-state index < -0.39 is 0 Å². The second-order valence-corrected chi connectivity index (χ2v) is 8.75. The highest BCUT2D eigenvalue weighted by Crippen LogP contribution is 2.40. The molecular formula is C25H38NO2+. The summed E-state index contributed by atoms with van der Waals surface area (Å²) in [6, 6.07) is 20.8. The van der Waals surface area contributed by atoms with Gasteiger partial charge < -0.3 is 0 Å². The fraction of sp³-hybridized carbons (Fsp3) is 0.520. The van der Waals surface area contributed by atoms with E-state index >= 15 is 0 Å². The standard InChI is InChI=1S/C25H38NO2/c1-7-27-26(6,28-24-16-12-9-13-17-24)25(18-21(2)3,19-22(4)5)20-23-14-10-8-11-15-23/h8-17,21-22H,7,18-20H2,1-6H3/q+1. The Morgan fingerprint density at radius 3 is 1.79 bits per heavy atom. The lowest BCUT2D eigenvalue weighted by molar-refractivity contribution is -1.25. The minimum atomic E-state index is -0.199. The number of benzene rings is 2. The molecule has 154 valence electrons. The van der Waals surface area contributed by atoms with E-state index in [1.165, 1.54) is 5.56 Å². The zero-order valence-electron chi connectivity index (χ0n) is 18.5. The lowest BCUT2D eigenvalue weighted by Crippen LogP contribution is -2.65. The van der Waals surface area contributed by atoms with Gasteiger partial charge in [0.2, 0.25) is 0 Å². The topological polar surface area (TPSA) is 18.5 Å². The Labute approximate surface area is 171 Å². The molecule has 1 atom stereocenters. The maximum atomic E-state index is 6.60. The number of hydroxylamine groups is 4. The van der Waals surface area contributed by atoms with Gasteiger partial charge in [-0.1, -0.05) is 76.2 Å². The molecule has 0 aliphatic heterocycles. The molecule has 3 heteroatoms. The molecule has 2 rings (SSSR count). The van der Waals surface area contributed by atoms with Crippen molar-refractivity contribution < 1.29 is 14.5 Å². The number of para-hydroxylation sites is 1. The third-order valence-corrected chi connectivity index (χ3v) is 5.21. The maximum absolute atomic E-state index is 6.60. The van der Waals surface area contributed by atoms with Crippen LogP contribution in [0.3, 0.4) is 0 Å². The van der Waals surface area contributed by atoms with Crippen molar-refractivity contribution in [3.8, 4) is 5.75 Å². The lowest BCUT2D eigenvalue weighted by atomic mass is 9.77. The van der Waals surface area contributed by atoms with Crippen LogP contribution in [-0.2, 0) is 11.3 Å². The number of likely N-dealkylation sites (N-methyl/N-ethyl adjacent to an activating group) is 1. The van der Waals surface area contributed by atoms with Crippen molar-refractivity contribution in [2.75, 3.05) is 13.7 Å². The first-order valence-electron chi connectivity index (χ1n) is 10.6. The van der Waals surface area contributed by atoms with Crippen molar-refractivity contribution in [3.63, 3.8) is 0 Å². The molecule has 0 N–H and O–H groups in total. The van der Waals surface area contributed by atoms with Crippen LogP contribution in [0.2, 0.25) is 0 Å². The van der Waals surface area contributed by atoms with E-state index in [4.69, 9.17) is 9.68 Å². The first-order valence-corrected chi connectivity index (χ1v) is 10.6. The first-order chi connectivity index (χ1) is 13.3. The molecule has 0 bridgehead atoms. The van der Waals surface area contributed by atoms with Crippen LogP contribution in [0.5, 0.6) is 5.75 Å². The van der Waals surface area contributed by atoms with Crippen molar-refractivity contribution in [1.82, 2.24) is 0 Å². The fourth-order valence-electron chi connectivity index (χ4n) is 4.39. The van der Waals surface area contributed by atoms with Crippen molar-refractivity contribution in [2.45, 2.75) is 59.4 Å². The summed E-state index contributed by atoms with van der Waals surface area (Å²) in [5.74, 6) is 1.89. The molecule has 0 radical (unpaired) electrons. The molecule has 0 aliphatic rings. The Morgan fingerprint density at radius 2 is 1.32 bits per heavy atom. The Balaban J connectivity index is 2.54. The van der Waals surface area contributed by atoms with Gasteiger partial charge in [0.05, 0.1) is 0 Å². The van der Waals surface area contributed by atoms with E-state index in [0.29, 0.717) is 18.4 Å². The minimum Gasteiger partial charge on any atom is -0.280 e. The van der Waals surface area contributed by atoms with Gasteiger partial charge in [-0.3, -0.25) is 4.84 Å². The molecule has 1 unspecified atom stereocenters. The largest absolute Gasteiger partial charge is 0.280 e.